The van der Waals surface area contributed by atoms with Gasteiger partial charge >= 0.3 is 0 Å². The molecule has 0 bridgehead atoms. The zero-order valence-electron chi connectivity index (χ0n) is 12.5. The second-order valence-electron chi connectivity index (χ2n) is 6.57. The molecule has 2 atom stereocenters. The maximum absolute atomic E-state index is 6.19. The fraction of sp³-hybridized carbons (Fsp3) is 0.647. The van der Waals surface area contributed by atoms with Gasteiger partial charge in [-0.1, -0.05) is 29.3 Å². The molecule has 2 aliphatic rings. The van der Waals surface area contributed by atoms with Crippen molar-refractivity contribution in [3.8, 4) is 0 Å². The third-order valence-corrected chi connectivity index (χ3v) is 5.43. The van der Waals surface area contributed by atoms with Gasteiger partial charge in [-0.15, -0.1) is 0 Å². The first kappa shape index (κ1) is 15.6. The van der Waals surface area contributed by atoms with Gasteiger partial charge < -0.3 is 9.64 Å². The van der Waals surface area contributed by atoms with E-state index < -0.39 is 0 Å². The molecule has 4 heteroatoms. The number of likely N-dealkylation sites (tertiary alicyclic amines) is 1. The highest BCUT2D eigenvalue weighted by molar-refractivity contribution is 6.42. The summed E-state index contributed by atoms with van der Waals surface area (Å²) in [5.74, 6) is 1.89. The highest BCUT2D eigenvalue weighted by Gasteiger charge is 2.30. The molecule has 3 rings (SSSR count). The van der Waals surface area contributed by atoms with Crippen molar-refractivity contribution < 1.29 is 4.74 Å². The molecule has 0 amide bonds. The Morgan fingerprint density at radius 1 is 1.14 bits per heavy atom. The average Bonchev–Trinajstić information content (AvgIpc) is 3.27. The number of halogens is 2. The van der Waals surface area contributed by atoms with Gasteiger partial charge in [-0.05, 0) is 62.4 Å². The van der Waals surface area contributed by atoms with E-state index in [2.05, 4.69) is 18.0 Å². The molecule has 1 saturated heterocycles. The van der Waals surface area contributed by atoms with E-state index in [1.165, 1.54) is 18.4 Å². The van der Waals surface area contributed by atoms with Crippen molar-refractivity contribution in [2.45, 2.75) is 25.2 Å². The molecule has 1 aromatic carbocycles. The Bertz CT molecular complexity index is 490. The van der Waals surface area contributed by atoms with Gasteiger partial charge in [-0.25, -0.2) is 0 Å². The van der Waals surface area contributed by atoms with Crippen LogP contribution in [0.2, 0.25) is 10.0 Å². The van der Waals surface area contributed by atoms with Crippen LogP contribution in [-0.2, 0) is 4.74 Å². The fourth-order valence-corrected chi connectivity index (χ4v) is 3.54. The summed E-state index contributed by atoms with van der Waals surface area (Å²) in [6.07, 6.45) is 3.85. The van der Waals surface area contributed by atoms with Crippen LogP contribution in [0.1, 0.15) is 30.7 Å². The maximum atomic E-state index is 6.19. The Labute approximate surface area is 137 Å². The molecule has 0 spiro atoms. The molecular weight excluding hydrogens is 305 g/mol. The van der Waals surface area contributed by atoms with E-state index in [0.29, 0.717) is 21.9 Å². The third kappa shape index (κ3) is 4.13. The second-order valence-corrected chi connectivity index (χ2v) is 7.39. The summed E-state index contributed by atoms with van der Waals surface area (Å²) in [6.45, 7) is 4.01. The number of nitrogens with zero attached hydrogens (tertiary/aromatic N) is 1. The van der Waals surface area contributed by atoms with Crippen LogP contribution in [0.25, 0.3) is 0 Å². The van der Waals surface area contributed by atoms with Gasteiger partial charge in [0, 0.05) is 19.1 Å². The highest BCUT2D eigenvalue weighted by Crippen LogP contribution is 2.36. The number of rotatable bonds is 5. The van der Waals surface area contributed by atoms with Gasteiger partial charge in [0.25, 0.3) is 0 Å². The van der Waals surface area contributed by atoms with Crippen molar-refractivity contribution in [3.63, 3.8) is 0 Å². The van der Waals surface area contributed by atoms with Crippen molar-refractivity contribution in [2.75, 3.05) is 33.4 Å². The van der Waals surface area contributed by atoms with Gasteiger partial charge in [0.1, 0.15) is 0 Å². The van der Waals surface area contributed by atoms with Crippen molar-refractivity contribution in [3.05, 3.63) is 33.8 Å². The van der Waals surface area contributed by atoms with Crippen LogP contribution in [0.3, 0.4) is 0 Å². The van der Waals surface area contributed by atoms with Crippen molar-refractivity contribution in [1.29, 1.82) is 0 Å². The summed E-state index contributed by atoms with van der Waals surface area (Å²) < 4.78 is 5.97. The minimum absolute atomic E-state index is 0.523. The Kier molecular flexibility index (Phi) is 5.11. The van der Waals surface area contributed by atoms with E-state index in [4.69, 9.17) is 27.9 Å². The molecule has 0 radical (unpaired) electrons. The van der Waals surface area contributed by atoms with Crippen LogP contribution >= 0.6 is 23.2 Å². The van der Waals surface area contributed by atoms with E-state index in [9.17, 15) is 0 Å². The standard InChI is InChI=1S/C17H23Cl2NO/c1-20-7-6-15(13-4-5-16(18)17(19)8-13)14(9-20)11-21-10-12-2-3-12/h4-5,8,12,14-15H,2-3,6-7,9-11H2,1H3/t14-,15-/m1/s1. The molecule has 0 aromatic heterocycles. The minimum Gasteiger partial charge on any atom is -0.381 e. The zero-order chi connectivity index (χ0) is 14.8. The molecule has 0 N–H and O–H groups in total. The second kappa shape index (κ2) is 6.87. The monoisotopic (exact) mass is 327 g/mol. The first-order valence-electron chi connectivity index (χ1n) is 7.84. The first-order valence-corrected chi connectivity index (χ1v) is 8.60. The van der Waals surface area contributed by atoms with Crippen LogP contribution < -0.4 is 0 Å². The molecular formula is C17H23Cl2NO. The Balaban J connectivity index is 1.67. The quantitative estimate of drug-likeness (QED) is 0.791. The molecule has 116 valence electrons. The van der Waals surface area contributed by atoms with Crippen LogP contribution in [0.4, 0.5) is 0 Å². The minimum atomic E-state index is 0.523. The summed E-state index contributed by atoms with van der Waals surface area (Å²) in [6, 6.07) is 6.07. The lowest BCUT2D eigenvalue weighted by Gasteiger charge is -2.37. The summed E-state index contributed by atoms with van der Waals surface area (Å²) in [7, 11) is 2.19. The van der Waals surface area contributed by atoms with Crippen molar-refractivity contribution in [2.24, 2.45) is 11.8 Å². The Morgan fingerprint density at radius 2 is 1.95 bits per heavy atom. The highest BCUT2D eigenvalue weighted by atomic mass is 35.5. The van der Waals surface area contributed by atoms with Gasteiger partial charge in [0.2, 0.25) is 0 Å². The average molecular weight is 328 g/mol. The third-order valence-electron chi connectivity index (χ3n) is 4.69. The van der Waals surface area contributed by atoms with Crippen molar-refractivity contribution >= 4 is 23.2 Å². The van der Waals surface area contributed by atoms with Gasteiger partial charge in [0.15, 0.2) is 0 Å². The maximum Gasteiger partial charge on any atom is 0.0595 e. The lowest BCUT2D eigenvalue weighted by atomic mass is 9.81. The van der Waals surface area contributed by atoms with Crippen LogP contribution in [0, 0.1) is 11.8 Å². The largest absolute Gasteiger partial charge is 0.381 e. The van der Waals surface area contributed by atoms with E-state index in [-0.39, 0.29) is 0 Å². The number of ether oxygens (including phenoxy) is 1. The van der Waals surface area contributed by atoms with Gasteiger partial charge in [0.05, 0.1) is 16.7 Å². The number of hydrogen-bond acceptors (Lipinski definition) is 2. The van der Waals surface area contributed by atoms with E-state index >= 15 is 0 Å². The topological polar surface area (TPSA) is 12.5 Å². The van der Waals surface area contributed by atoms with Gasteiger partial charge in [-0.2, -0.15) is 0 Å². The fourth-order valence-electron chi connectivity index (χ4n) is 3.24. The first-order chi connectivity index (χ1) is 10.1. The summed E-state index contributed by atoms with van der Waals surface area (Å²) in [5.41, 5.74) is 1.30. The van der Waals surface area contributed by atoms with Crippen molar-refractivity contribution in [1.82, 2.24) is 4.90 Å². The Hall–Kier alpha value is -0.280. The lowest BCUT2D eigenvalue weighted by molar-refractivity contribution is 0.0510. The van der Waals surface area contributed by atoms with Crippen LogP contribution in [0.5, 0.6) is 0 Å². The molecule has 1 aliphatic carbocycles. The summed E-state index contributed by atoms with van der Waals surface area (Å²) >= 11 is 12.2. The van der Waals surface area contributed by atoms with E-state index in [1.54, 1.807) is 0 Å². The molecule has 2 nitrogen and oxygen atoms in total. The SMILES string of the molecule is CN1CC[C@H](c2ccc(Cl)c(Cl)c2)[C@@H](COCC2CC2)C1. The normalized spacial score (nSPS) is 27.0. The molecule has 2 fully saturated rings. The summed E-state index contributed by atoms with van der Waals surface area (Å²) in [4.78, 5) is 2.40. The van der Waals surface area contributed by atoms with Crippen LogP contribution in [0.15, 0.2) is 18.2 Å². The molecule has 1 aliphatic heterocycles. The molecule has 0 unspecified atom stereocenters. The smallest absolute Gasteiger partial charge is 0.0595 e. The molecule has 21 heavy (non-hydrogen) atoms. The zero-order valence-corrected chi connectivity index (χ0v) is 14.0. The number of hydrogen-bond donors (Lipinski definition) is 0. The number of benzene rings is 1. The Morgan fingerprint density at radius 3 is 2.67 bits per heavy atom. The predicted molar refractivity (Wildman–Crippen MR) is 88.4 cm³/mol. The predicted octanol–water partition coefficient (Wildman–Crippen LogP) is 4.46. The summed E-state index contributed by atoms with van der Waals surface area (Å²) in [5, 5.41) is 1.29. The van der Waals surface area contributed by atoms with E-state index in [0.717, 1.165) is 38.6 Å². The lowest BCUT2D eigenvalue weighted by Crippen LogP contribution is -2.39. The molecule has 1 aromatic rings. The van der Waals surface area contributed by atoms with Gasteiger partial charge in [-0.3, -0.25) is 0 Å². The van der Waals surface area contributed by atoms with Crippen LogP contribution in [-0.4, -0.2) is 38.3 Å². The number of piperidine rings is 1. The molecule has 1 saturated carbocycles. The van der Waals surface area contributed by atoms with E-state index in [1.807, 2.05) is 12.1 Å². The molecule has 1 heterocycles.